The zero-order valence-corrected chi connectivity index (χ0v) is 23.6. The van der Waals surface area contributed by atoms with Gasteiger partial charge in [-0.1, -0.05) is 23.7 Å². The van der Waals surface area contributed by atoms with Gasteiger partial charge in [0, 0.05) is 30.1 Å². The third-order valence-corrected chi connectivity index (χ3v) is 9.96. The number of nitrogens with one attached hydrogen (secondary N) is 2. The van der Waals surface area contributed by atoms with Gasteiger partial charge in [-0.25, -0.2) is 30.3 Å². The van der Waals surface area contributed by atoms with Gasteiger partial charge in [-0.3, -0.25) is 19.8 Å². The second-order valence-corrected chi connectivity index (χ2v) is 14.1. The average Bonchev–Trinajstić information content (AvgIpc) is 2.82. The molecule has 0 spiro atoms. The molecule has 0 aromatic heterocycles. The lowest BCUT2D eigenvalue weighted by molar-refractivity contribution is -0.166. The maximum Gasteiger partial charge on any atom is 0.246 e. The van der Waals surface area contributed by atoms with Gasteiger partial charge in [0.1, 0.15) is 28.6 Å². The first-order chi connectivity index (χ1) is 18.1. The van der Waals surface area contributed by atoms with Crippen LogP contribution >= 0.6 is 11.6 Å². The number of hydrogen-bond donors (Lipinski definition) is 2. The predicted octanol–water partition coefficient (Wildman–Crippen LogP) is 1.26. The number of fused-ring (bicyclic) bond motifs is 1. The standard InChI is InChI=1S/C24H27ClF2N4O6S2/c1-14(2)30-13-24(39(36,37)21-9-8-17(26)11-18(21)27)28-12-19(29-38(3,34)35)22(32)31(24)20(23(30)33)10-15-4-6-16(25)7-5-15/h4-9,11,14,19-20,28-29H,10,12-13H2,1-3H3. The Bertz CT molecular complexity index is 1520. The minimum Gasteiger partial charge on any atom is -0.334 e. The van der Waals surface area contributed by atoms with Gasteiger partial charge in [0.2, 0.25) is 36.7 Å². The molecule has 2 heterocycles. The first kappa shape index (κ1) is 29.3. The molecule has 39 heavy (non-hydrogen) atoms. The van der Waals surface area contributed by atoms with Crippen molar-refractivity contribution in [2.45, 2.75) is 48.3 Å². The number of hydrogen-bond acceptors (Lipinski definition) is 7. The second kappa shape index (κ2) is 10.4. The molecule has 4 rings (SSSR count). The Morgan fingerprint density at radius 2 is 1.72 bits per heavy atom. The largest absolute Gasteiger partial charge is 0.334 e. The fourth-order valence-corrected chi connectivity index (χ4v) is 7.73. The molecule has 0 saturated carbocycles. The zero-order chi connectivity index (χ0) is 28.9. The minimum absolute atomic E-state index is 0.151. The smallest absolute Gasteiger partial charge is 0.246 e. The van der Waals surface area contributed by atoms with Crippen LogP contribution < -0.4 is 10.0 Å². The molecule has 0 radical (unpaired) electrons. The highest BCUT2D eigenvalue weighted by atomic mass is 35.5. The highest BCUT2D eigenvalue weighted by Gasteiger charge is 2.63. The Labute approximate surface area is 230 Å². The normalized spacial score (nSPS) is 24.3. The van der Waals surface area contributed by atoms with Gasteiger partial charge in [-0.2, -0.15) is 0 Å². The molecule has 3 atom stereocenters. The van der Waals surface area contributed by atoms with E-state index in [-0.39, 0.29) is 6.42 Å². The van der Waals surface area contributed by atoms with E-state index in [9.17, 15) is 35.2 Å². The van der Waals surface area contributed by atoms with Crippen LogP contribution in [0.3, 0.4) is 0 Å². The highest BCUT2D eigenvalue weighted by molar-refractivity contribution is 7.92. The van der Waals surface area contributed by atoms with Crippen LogP contribution in [0.5, 0.6) is 0 Å². The van der Waals surface area contributed by atoms with E-state index in [0.29, 0.717) is 16.7 Å². The Morgan fingerprint density at radius 1 is 1.08 bits per heavy atom. The van der Waals surface area contributed by atoms with E-state index in [1.165, 1.54) is 4.90 Å². The molecule has 2 fully saturated rings. The summed E-state index contributed by atoms with van der Waals surface area (Å²) in [5, 5.41) is 3.17. The van der Waals surface area contributed by atoms with Gasteiger partial charge in [0.05, 0.1) is 12.8 Å². The molecule has 10 nitrogen and oxygen atoms in total. The van der Waals surface area contributed by atoms with Crippen LogP contribution in [0.2, 0.25) is 5.02 Å². The van der Waals surface area contributed by atoms with E-state index in [4.69, 9.17) is 11.6 Å². The Kier molecular flexibility index (Phi) is 7.82. The molecule has 3 unspecified atom stereocenters. The Balaban J connectivity index is 1.94. The first-order valence-electron chi connectivity index (χ1n) is 11.9. The van der Waals surface area contributed by atoms with Crippen LogP contribution in [0.1, 0.15) is 19.4 Å². The Hall–Kier alpha value is -2.65. The molecule has 0 aliphatic carbocycles. The number of carbonyl (C=O) groups is 2. The predicted molar refractivity (Wildman–Crippen MR) is 139 cm³/mol. The van der Waals surface area contributed by atoms with E-state index in [2.05, 4.69) is 10.0 Å². The summed E-state index contributed by atoms with van der Waals surface area (Å²) in [5.74, 6) is -3.95. The molecule has 0 bridgehead atoms. The van der Waals surface area contributed by atoms with E-state index in [1.54, 1.807) is 38.1 Å². The van der Waals surface area contributed by atoms with Gasteiger partial charge < -0.3 is 4.90 Å². The van der Waals surface area contributed by atoms with Crippen LogP contribution in [0, 0.1) is 11.6 Å². The van der Waals surface area contributed by atoms with Crippen LogP contribution in [0.25, 0.3) is 0 Å². The maximum atomic E-state index is 14.9. The molecular weight excluding hydrogens is 578 g/mol. The summed E-state index contributed by atoms with van der Waals surface area (Å²) < 4.78 is 83.2. The summed E-state index contributed by atoms with van der Waals surface area (Å²) in [6, 6.07) is 4.87. The lowest BCUT2D eigenvalue weighted by Gasteiger charge is -2.57. The summed E-state index contributed by atoms with van der Waals surface area (Å²) in [5.41, 5.74) is 0.536. The van der Waals surface area contributed by atoms with Crippen molar-refractivity contribution in [2.24, 2.45) is 0 Å². The zero-order valence-electron chi connectivity index (χ0n) is 21.2. The summed E-state index contributed by atoms with van der Waals surface area (Å²) >= 11 is 5.98. The van der Waals surface area contributed by atoms with Gasteiger partial charge >= 0.3 is 0 Å². The van der Waals surface area contributed by atoms with Crippen molar-refractivity contribution in [2.75, 3.05) is 19.3 Å². The van der Waals surface area contributed by atoms with Crippen LogP contribution in [0.4, 0.5) is 8.78 Å². The molecule has 2 amide bonds. The van der Waals surface area contributed by atoms with E-state index in [1.807, 2.05) is 0 Å². The van der Waals surface area contributed by atoms with Crippen LogP contribution in [-0.4, -0.2) is 80.9 Å². The van der Waals surface area contributed by atoms with Crippen molar-refractivity contribution in [3.8, 4) is 0 Å². The average molecular weight is 605 g/mol. The highest BCUT2D eigenvalue weighted by Crippen LogP contribution is 2.39. The summed E-state index contributed by atoms with van der Waals surface area (Å²) in [6.45, 7) is 2.25. The Morgan fingerprint density at radius 3 is 2.28 bits per heavy atom. The molecule has 2 saturated heterocycles. The SMILES string of the molecule is CC(C)N1CC2(S(=O)(=O)c3ccc(F)cc3F)NCC(NS(C)(=O)=O)C(=O)N2C(Cc2ccc(Cl)cc2)C1=O. The third-order valence-electron chi connectivity index (χ3n) is 6.72. The number of carbonyl (C=O) groups excluding carboxylic acids is 2. The van der Waals surface area contributed by atoms with Crippen molar-refractivity contribution in [3.63, 3.8) is 0 Å². The number of halogens is 3. The number of nitrogens with zero attached hydrogens (tertiary/aromatic N) is 2. The van der Waals surface area contributed by atoms with Gasteiger partial charge in [0.15, 0.2) is 0 Å². The summed E-state index contributed by atoms with van der Waals surface area (Å²) in [6.07, 6.45) is 0.682. The number of benzene rings is 2. The van der Waals surface area contributed by atoms with Crippen molar-refractivity contribution in [1.82, 2.24) is 19.8 Å². The number of sulfonamides is 1. The second-order valence-electron chi connectivity index (χ2n) is 9.80. The number of rotatable bonds is 7. The maximum absolute atomic E-state index is 14.9. The van der Waals surface area contributed by atoms with Crippen molar-refractivity contribution < 1.29 is 35.2 Å². The van der Waals surface area contributed by atoms with Crippen molar-refractivity contribution >= 4 is 43.3 Å². The fraction of sp³-hybridized carbons (Fsp3) is 0.417. The molecule has 15 heteroatoms. The lowest BCUT2D eigenvalue weighted by Crippen LogP contribution is -2.83. The molecule has 2 aliphatic heterocycles. The molecule has 2 N–H and O–H groups in total. The van der Waals surface area contributed by atoms with E-state index >= 15 is 0 Å². The van der Waals surface area contributed by atoms with Crippen LogP contribution in [-0.2, 0) is 35.9 Å². The minimum atomic E-state index is -4.89. The summed E-state index contributed by atoms with van der Waals surface area (Å²) in [7, 11) is -8.82. The molecule has 212 valence electrons. The summed E-state index contributed by atoms with van der Waals surface area (Å²) in [4.78, 5) is 26.4. The molecule has 2 aromatic carbocycles. The number of sulfone groups is 1. The molecule has 2 aromatic rings. The number of piperazine rings is 1. The van der Waals surface area contributed by atoms with E-state index in [0.717, 1.165) is 23.3 Å². The quantitative estimate of drug-likeness (QED) is 0.455. The molecule has 2 aliphatic rings. The molecular formula is C24H27ClF2N4O6S2. The number of amides is 2. The fourth-order valence-electron chi connectivity index (χ4n) is 4.92. The van der Waals surface area contributed by atoms with Crippen molar-refractivity contribution in [3.05, 3.63) is 64.7 Å². The lowest BCUT2D eigenvalue weighted by atomic mass is 9.96. The first-order valence-corrected chi connectivity index (χ1v) is 15.6. The third kappa shape index (κ3) is 5.40. The van der Waals surface area contributed by atoms with Gasteiger partial charge in [-0.05, 0) is 43.7 Å². The van der Waals surface area contributed by atoms with Crippen molar-refractivity contribution in [1.29, 1.82) is 0 Å². The van der Waals surface area contributed by atoms with E-state index < -0.39 is 84.4 Å². The monoisotopic (exact) mass is 604 g/mol. The van der Waals surface area contributed by atoms with Crippen LogP contribution in [0.15, 0.2) is 47.4 Å². The van der Waals surface area contributed by atoms with Gasteiger partial charge in [0.25, 0.3) is 0 Å². The topological polar surface area (TPSA) is 133 Å². The van der Waals surface area contributed by atoms with Gasteiger partial charge in [-0.15, -0.1) is 0 Å².